The summed E-state index contributed by atoms with van der Waals surface area (Å²) in [6.07, 6.45) is 0. The molecule has 0 saturated heterocycles. The number of fused-ring (bicyclic) bond motifs is 5. The summed E-state index contributed by atoms with van der Waals surface area (Å²) < 4.78 is 6.54. The predicted octanol–water partition coefficient (Wildman–Crippen LogP) is 9.59. The van der Waals surface area contributed by atoms with Gasteiger partial charge in [0, 0.05) is 27.5 Å². The average molecular weight is 526 g/mol. The Morgan fingerprint density at radius 1 is 0.390 bits per heavy atom. The molecule has 8 rings (SSSR count). The molecule has 0 N–H and O–H groups in total. The highest BCUT2D eigenvalue weighted by Gasteiger charge is 2.19. The van der Waals surface area contributed by atoms with Crippen molar-refractivity contribution in [2.45, 2.75) is 0 Å². The summed E-state index contributed by atoms with van der Waals surface area (Å²) >= 11 is 0. The number of aromatic nitrogens is 3. The van der Waals surface area contributed by atoms with E-state index in [9.17, 15) is 0 Å². The normalized spacial score (nSPS) is 11.4. The molecule has 41 heavy (non-hydrogen) atoms. The van der Waals surface area contributed by atoms with Gasteiger partial charge in [-0.05, 0) is 40.1 Å². The van der Waals surface area contributed by atoms with Crippen molar-refractivity contribution < 1.29 is 4.42 Å². The van der Waals surface area contributed by atoms with Gasteiger partial charge in [-0.2, -0.15) is 0 Å². The Hall–Kier alpha value is -5.61. The van der Waals surface area contributed by atoms with Crippen LogP contribution in [0.4, 0.5) is 0 Å². The average Bonchev–Trinajstić information content (AvgIpc) is 3.44. The van der Waals surface area contributed by atoms with Crippen molar-refractivity contribution in [1.82, 2.24) is 15.0 Å². The van der Waals surface area contributed by atoms with E-state index in [-0.39, 0.29) is 0 Å². The molecule has 2 aromatic heterocycles. The van der Waals surface area contributed by atoms with E-state index in [0.717, 1.165) is 49.8 Å². The van der Waals surface area contributed by atoms with Gasteiger partial charge in [0.2, 0.25) is 0 Å². The van der Waals surface area contributed by atoms with Crippen LogP contribution >= 0.6 is 0 Å². The van der Waals surface area contributed by atoms with Crippen LogP contribution in [0.2, 0.25) is 0 Å². The maximum atomic E-state index is 6.54. The van der Waals surface area contributed by atoms with Crippen LogP contribution in [0.15, 0.2) is 144 Å². The predicted molar refractivity (Wildman–Crippen MR) is 166 cm³/mol. The highest BCUT2D eigenvalue weighted by Crippen LogP contribution is 2.42. The second kappa shape index (κ2) is 9.54. The van der Waals surface area contributed by atoms with Crippen molar-refractivity contribution in [3.8, 4) is 45.3 Å². The molecule has 0 aliphatic rings. The highest BCUT2D eigenvalue weighted by molar-refractivity contribution is 6.23. The molecule has 0 aliphatic heterocycles. The van der Waals surface area contributed by atoms with E-state index in [0.29, 0.717) is 17.5 Å². The highest BCUT2D eigenvalue weighted by atomic mass is 16.3. The molecule has 6 aromatic carbocycles. The van der Waals surface area contributed by atoms with Gasteiger partial charge < -0.3 is 4.42 Å². The van der Waals surface area contributed by atoms with Gasteiger partial charge in [0.25, 0.3) is 0 Å². The molecule has 0 aliphatic carbocycles. The first kappa shape index (κ1) is 23.3. The summed E-state index contributed by atoms with van der Waals surface area (Å²) in [5.74, 6) is 1.86. The Balaban J connectivity index is 1.44. The number of nitrogens with zero attached hydrogens (tertiary/aromatic N) is 3. The summed E-state index contributed by atoms with van der Waals surface area (Å²) in [7, 11) is 0. The number of rotatable bonds is 4. The largest absolute Gasteiger partial charge is 0.456 e. The molecule has 0 spiro atoms. The fourth-order valence-electron chi connectivity index (χ4n) is 5.58. The standard InChI is InChI=1S/C37H23N3O/c1-4-12-24(13-5-1)30-22-28(23-32-34(30)33-29-19-11-10-14-25(29)20-21-31(33)41-32)37-39-35(26-15-6-2-7-16-26)38-36(40-37)27-17-8-3-9-18-27/h1-23H. The van der Waals surface area contributed by atoms with Crippen molar-refractivity contribution in [1.29, 1.82) is 0 Å². The van der Waals surface area contributed by atoms with Crippen molar-refractivity contribution >= 4 is 32.7 Å². The van der Waals surface area contributed by atoms with Crippen LogP contribution < -0.4 is 0 Å². The zero-order valence-electron chi connectivity index (χ0n) is 22.0. The van der Waals surface area contributed by atoms with Gasteiger partial charge in [-0.3, -0.25) is 0 Å². The molecule has 0 fully saturated rings. The summed E-state index contributed by atoms with van der Waals surface area (Å²) in [5.41, 5.74) is 6.60. The van der Waals surface area contributed by atoms with E-state index >= 15 is 0 Å². The zero-order chi connectivity index (χ0) is 27.2. The van der Waals surface area contributed by atoms with Gasteiger partial charge >= 0.3 is 0 Å². The van der Waals surface area contributed by atoms with Gasteiger partial charge in [0.05, 0.1) is 0 Å². The van der Waals surface area contributed by atoms with Crippen LogP contribution in [-0.2, 0) is 0 Å². The fourth-order valence-corrected chi connectivity index (χ4v) is 5.58. The maximum Gasteiger partial charge on any atom is 0.164 e. The van der Waals surface area contributed by atoms with Crippen LogP contribution in [0.1, 0.15) is 0 Å². The minimum atomic E-state index is 0.599. The molecule has 192 valence electrons. The van der Waals surface area contributed by atoms with Crippen LogP contribution in [0.3, 0.4) is 0 Å². The topological polar surface area (TPSA) is 51.8 Å². The molecular formula is C37H23N3O. The number of hydrogen-bond donors (Lipinski definition) is 0. The summed E-state index contributed by atoms with van der Waals surface area (Å²) in [6, 6.07) is 47.4. The van der Waals surface area contributed by atoms with Crippen molar-refractivity contribution in [3.63, 3.8) is 0 Å². The molecule has 4 heteroatoms. The molecule has 0 amide bonds. The Labute approximate surface area is 236 Å². The summed E-state index contributed by atoms with van der Waals surface area (Å²) in [5, 5.41) is 4.57. The third-order valence-corrected chi connectivity index (χ3v) is 7.51. The van der Waals surface area contributed by atoms with E-state index in [4.69, 9.17) is 19.4 Å². The maximum absolute atomic E-state index is 6.54. The fraction of sp³-hybridized carbons (Fsp3) is 0. The Morgan fingerprint density at radius 2 is 0.927 bits per heavy atom. The van der Waals surface area contributed by atoms with Crippen LogP contribution in [0.25, 0.3) is 78.0 Å². The molecule has 0 atom stereocenters. The molecule has 4 nitrogen and oxygen atoms in total. The lowest BCUT2D eigenvalue weighted by atomic mass is 9.95. The lowest BCUT2D eigenvalue weighted by Crippen LogP contribution is -2.00. The first-order chi connectivity index (χ1) is 20.3. The summed E-state index contributed by atoms with van der Waals surface area (Å²) in [6.45, 7) is 0. The molecule has 0 bridgehead atoms. The van der Waals surface area contributed by atoms with Crippen LogP contribution in [0.5, 0.6) is 0 Å². The van der Waals surface area contributed by atoms with Gasteiger partial charge in [-0.15, -0.1) is 0 Å². The zero-order valence-corrected chi connectivity index (χ0v) is 22.0. The summed E-state index contributed by atoms with van der Waals surface area (Å²) in [4.78, 5) is 14.8. The molecule has 8 aromatic rings. The van der Waals surface area contributed by atoms with Crippen molar-refractivity contribution in [2.75, 3.05) is 0 Å². The lowest BCUT2D eigenvalue weighted by Gasteiger charge is -2.11. The number of furan rings is 1. The van der Waals surface area contributed by atoms with Gasteiger partial charge in [0.15, 0.2) is 17.5 Å². The third kappa shape index (κ3) is 4.05. The van der Waals surface area contributed by atoms with Crippen molar-refractivity contribution in [3.05, 3.63) is 140 Å². The minimum Gasteiger partial charge on any atom is -0.456 e. The van der Waals surface area contributed by atoms with E-state index < -0.39 is 0 Å². The van der Waals surface area contributed by atoms with E-state index in [2.05, 4.69) is 72.8 Å². The number of hydrogen-bond acceptors (Lipinski definition) is 4. The van der Waals surface area contributed by atoms with E-state index in [1.165, 1.54) is 10.8 Å². The second-order valence-electron chi connectivity index (χ2n) is 10.1. The first-order valence-corrected chi connectivity index (χ1v) is 13.6. The SMILES string of the molecule is c1ccc(-c2nc(-c3ccccc3)nc(-c3cc(-c4ccccc4)c4c(c3)oc3ccc5ccccc5c34)n2)cc1. The quantitative estimate of drug-likeness (QED) is 0.230. The first-order valence-electron chi connectivity index (χ1n) is 13.6. The lowest BCUT2D eigenvalue weighted by molar-refractivity contribution is 0.669. The Bertz CT molecular complexity index is 2130. The monoisotopic (exact) mass is 525 g/mol. The molecule has 0 unspecified atom stereocenters. The van der Waals surface area contributed by atoms with Gasteiger partial charge in [-0.25, -0.2) is 15.0 Å². The second-order valence-corrected chi connectivity index (χ2v) is 10.1. The van der Waals surface area contributed by atoms with Gasteiger partial charge in [0.1, 0.15) is 11.2 Å². The van der Waals surface area contributed by atoms with Gasteiger partial charge in [-0.1, -0.05) is 121 Å². The number of benzene rings is 6. The smallest absolute Gasteiger partial charge is 0.164 e. The van der Waals surface area contributed by atoms with E-state index in [1.54, 1.807) is 0 Å². The molecule has 0 radical (unpaired) electrons. The Morgan fingerprint density at radius 3 is 1.56 bits per heavy atom. The Kier molecular flexibility index (Phi) is 5.42. The van der Waals surface area contributed by atoms with E-state index in [1.807, 2.05) is 66.7 Å². The molecular weight excluding hydrogens is 502 g/mol. The third-order valence-electron chi connectivity index (χ3n) is 7.51. The van der Waals surface area contributed by atoms with Crippen LogP contribution in [0, 0.1) is 0 Å². The molecule has 0 saturated carbocycles. The van der Waals surface area contributed by atoms with Crippen LogP contribution in [-0.4, -0.2) is 15.0 Å². The minimum absolute atomic E-state index is 0.599. The van der Waals surface area contributed by atoms with Crippen molar-refractivity contribution in [2.24, 2.45) is 0 Å². The molecule has 2 heterocycles.